The molecule has 0 fully saturated rings. The second-order valence-electron chi connectivity index (χ2n) is 3.49. The van der Waals surface area contributed by atoms with Gasteiger partial charge in [-0.3, -0.25) is 4.79 Å². The Morgan fingerprint density at radius 2 is 2.50 bits per heavy atom. The standard InChI is InChI=1S/C11H15N3OS/c1-2-3-8(6-12)10(15)14-11-9(7-13)4-5-16-11/h4-5,8H,2-3,6,12H2,1H3,(H,14,15). The molecule has 0 aliphatic carbocycles. The summed E-state index contributed by atoms with van der Waals surface area (Å²) in [4.78, 5) is 11.8. The van der Waals surface area contributed by atoms with Gasteiger partial charge in [0.1, 0.15) is 11.1 Å². The van der Waals surface area contributed by atoms with Gasteiger partial charge in [-0.25, -0.2) is 0 Å². The Labute approximate surface area is 99.1 Å². The van der Waals surface area contributed by atoms with Crippen LogP contribution in [0.5, 0.6) is 0 Å². The zero-order valence-corrected chi connectivity index (χ0v) is 10.0. The molecule has 1 amide bonds. The number of nitrogens with two attached hydrogens (primary N) is 1. The van der Waals surface area contributed by atoms with Crippen LogP contribution in [0.1, 0.15) is 25.3 Å². The molecule has 0 aromatic carbocycles. The van der Waals surface area contributed by atoms with Crippen LogP contribution in [0.3, 0.4) is 0 Å². The molecule has 3 N–H and O–H groups in total. The van der Waals surface area contributed by atoms with Crippen molar-refractivity contribution in [1.82, 2.24) is 0 Å². The molecule has 86 valence electrons. The van der Waals surface area contributed by atoms with Gasteiger partial charge in [-0.1, -0.05) is 13.3 Å². The molecule has 0 radical (unpaired) electrons. The average molecular weight is 237 g/mol. The van der Waals surface area contributed by atoms with Gasteiger partial charge in [0.15, 0.2) is 0 Å². The number of nitrogens with one attached hydrogen (secondary N) is 1. The molecule has 1 rings (SSSR count). The quantitative estimate of drug-likeness (QED) is 0.821. The Kier molecular flexibility index (Phi) is 4.96. The lowest BCUT2D eigenvalue weighted by Gasteiger charge is -2.12. The smallest absolute Gasteiger partial charge is 0.229 e. The van der Waals surface area contributed by atoms with E-state index in [2.05, 4.69) is 5.32 Å². The van der Waals surface area contributed by atoms with Crippen LogP contribution in [0.4, 0.5) is 5.00 Å². The second-order valence-corrected chi connectivity index (χ2v) is 4.40. The van der Waals surface area contributed by atoms with Crippen LogP contribution in [0.25, 0.3) is 0 Å². The van der Waals surface area contributed by atoms with Gasteiger partial charge in [-0.2, -0.15) is 5.26 Å². The van der Waals surface area contributed by atoms with Gasteiger partial charge in [-0.05, 0) is 17.9 Å². The van der Waals surface area contributed by atoms with Crippen LogP contribution in [0.2, 0.25) is 0 Å². The fourth-order valence-electron chi connectivity index (χ4n) is 1.41. The third-order valence-electron chi connectivity index (χ3n) is 2.31. The Bertz CT molecular complexity index is 394. The third kappa shape index (κ3) is 3.05. The van der Waals surface area contributed by atoms with Crippen molar-refractivity contribution < 1.29 is 4.79 Å². The lowest BCUT2D eigenvalue weighted by atomic mass is 10.0. The summed E-state index contributed by atoms with van der Waals surface area (Å²) in [6.07, 6.45) is 1.69. The first kappa shape index (κ1) is 12.7. The predicted molar refractivity (Wildman–Crippen MR) is 65.1 cm³/mol. The molecule has 0 saturated heterocycles. The summed E-state index contributed by atoms with van der Waals surface area (Å²) in [5, 5.41) is 14.0. The van der Waals surface area contributed by atoms with E-state index < -0.39 is 0 Å². The lowest BCUT2D eigenvalue weighted by molar-refractivity contribution is -0.119. The number of carbonyl (C=O) groups excluding carboxylic acids is 1. The van der Waals surface area contributed by atoms with Crippen molar-refractivity contribution in [3.05, 3.63) is 17.0 Å². The number of anilines is 1. The van der Waals surface area contributed by atoms with Crippen LogP contribution in [0, 0.1) is 17.2 Å². The van der Waals surface area contributed by atoms with E-state index in [1.54, 1.807) is 11.4 Å². The molecular weight excluding hydrogens is 222 g/mol. The number of nitriles is 1. The van der Waals surface area contributed by atoms with Crippen LogP contribution in [-0.4, -0.2) is 12.5 Å². The van der Waals surface area contributed by atoms with E-state index in [-0.39, 0.29) is 11.8 Å². The van der Waals surface area contributed by atoms with E-state index in [4.69, 9.17) is 11.0 Å². The van der Waals surface area contributed by atoms with Crippen molar-refractivity contribution in [2.24, 2.45) is 11.7 Å². The maximum Gasteiger partial charge on any atom is 0.229 e. The van der Waals surface area contributed by atoms with Gasteiger partial charge in [0.05, 0.1) is 11.5 Å². The molecule has 0 spiro atoms. The van der Waals surface area contributed by atoms with E-state index >= 15 is 0 Å². The van der Waals surface area contributed by atoms with Gasteiger partial charge in [0.2, 0.25) is 5.91 Å². The van der Waals surface area contributed by atoms with E-state index in [0.717, 1.165) is 12.8 Å². The molecular formula is C11H15N3OS. The van der Waals surface area contributed by atoms with Crippen molar-refractivity contribution in [1.29, 1.82) is 5.26 Å². The van der Waals surface area contributed by atoms with Gasteiger partial charge in [0, 0.05) is 6.54 Å². The third-order valence-corrected chi connectivity index (χ3v) is 3.14. The van der Waals surface area contributed by atoms with Gasteiger partial charge >= 0.3 is 0 Å². The van der Waals surface area contributed by atoms with Gasteiger partial charge < -0.3 is 11.1 Å². The fourth-order valence-corrected chi connectivity index (χ4v) is 2.15. The topological polar surface area (TPSA) is 78.9 Å². The minimum absolute atomic E-state index is 0.0942. The zero-order chi connectivity index (χ0) is 12.0. The number of rotatable bonds is 5. The average Bonchev–Trinajstić information content (AvgIpc) is 2.72. The Hall–Kier alpha value is -1.38. The number of nitrogens with zero attached hydrogens (tertiary/aromatic N) is 1. The predicted octanol–water partition coefficient (Wildman–Crippen LogP) is 1.93. The molecule has 0 bridgehead atoms. The molecule has 1 unspecified atom stereocenters. The maximum absolute atomic E-state index is 11.8. The summed E-state index contributed by atoms with van der Waals surface area (Å²) in [5.41, 5.74) is 6.04. The number of thiophene rings is 1. The van der Waals surface area contributed by atoms with Crippen molar-refractivity contribution in [2.45, 2.75) is 19.8 Å². The Balaban J connectivity index is 2.67. The first-order valence-electron chi connectivity index (χ1n) is 5.21. The normalized spacial score (nSPS) is 11.8. The highest BCUT2D eigenvalue weighted by Gasteiger charge is 2.17. The van der Waals surface area contributed by atoms with Crippen LogP contribution in [-0.2, 0) is 4.79 Å². The zero-order valence-electron chi connectivity index (χ0n) is 9.19. The molecule has 0 saturated carbocycles. The summed E-state index contributed by atoms with van der Waals surface area (Å²) >= 11 is 1.35. The lowest BCUT2D eigenvalue weighted by Crippen LogP contribution is -2.29. The number of hydrogen-bond acceptors (Lipinski definition) is 4. The first-order chi connectivity index (χ1) is 7.72. The Morgan fingerprint density at radius 1 is 1.75 bits per heavy atom. The molecule has 1 heterocycles. The van der Waals surface area contributed by atoms with Crippen molar-refractivity contribution in [3.63, 3.8) is 0 Å². The van der Waals surface area contributed by atoms with Gasteiger partial charge in [0.25, 0.3) is 0 Å². The summed E-state index contributed by atoms with van der Waals surface area (Å²) in [6, 6.07) is 3.73. The molecule has 1 aromatic heterocycles. The molecule has 16 heavy (non-hydrogen) atoms. The summed E-state index contributed by atoms with van der Waals surface area (Å²) in [6.45, 7) is 2.36. The fraction of sp³-hybridized carbons (Fsp3) is 0.455. The van der Waals surface area contributed by atoms with E-state index in [1.807, 2.05) is 13.0 Å². The first-order valence-corrected chi connectivity index (χ1v) is 6.09. The highest BCUT2D eigenvalue weighted by atomic mass is 32.1. The summed E-state index contributed by atoms with van der Waals surface area (Å²) in [5.74, 6) is -0.262. The van der Waals surface area contributed by atoms with E-state index in [1.165, 1.54) is 11.3 Å². The number of amides is 1. The molecule has 0 aliphatic heterocycles. The minimum atomic E-state index is -0.168. The number of carbonyl (C=O) groups is 1. The highest BCUT2D eigenvalue weighted by Crippen LogP contribution is 2.23. The summed E-state index contributed by atoms with van der Waals surface area (Å²) < 4.78 is 0. The van der Waals surface area contributed by atoms with E-state index in [9.17, 15) is 4.79 Å². The molecule has 1 aromatic rings. The maximum atomic E-state index is 11.8. The van der Waals surface area contributed by atoms with Crippen LogP contribution < -0.4 is 11.1 Å². The van der Waals surface area contributed by atoms with Crippen molar-refractivity contribution in [3.8, 4) is 6.07 Å². The molecule has 5 heteroatoms. The van der Waals surface area contributed by atoms with Crippen LogP contribution in [0.15, 0.2) is 11.4 Å². The monoisotopic (exact) mass is 237 g/mol. The van der Waals surface area contributed by atoms with Crippen LogP contribution >= 0.6 is 11.3 Å². The van der Waals surface area contributed by atoms with Gasteiger partial charge in [-0.15, -0.1) is 11.3 Å². The molecule has 0 aliphatic rings. The summed E-state index contributed by atoms with van der Waals surface area (Å²) in [7, 11) is 0. The van der Waals surface area contributed by atoms with E-state index in [0.29, 0.717) is 17.1 Å². The Morgan fingerprint density at radius 3 is 3.06 bits per heavy atom. The minimum Gasteiger partial charge on any atom is -0.330 e. The van der Waals surface area contributed by atoms with Crippen molar-refractivity contribution in [2.75, 3.05) is 11.9 Å². The largest absolute Gasteiger partial charge is 0.330 e. The second kappa shape index (κ2) is 6.26. The highest BCUT2D eigenvalue weighted by molar-refractivity contribution is 7.14. The molecule has 4 nitrogen and oxygen atoms in total. The SMILES string of the molecule is CCCC(CN)C(=O)Nc1sccc1C#N. The molecule has 1 atom stereocenters. The number of hydrogen-bond donors (Lipinski definition) is 2. The van der Waals surface area contributed by atoms with Crippen molar-refractivity contribution >= 4 is 22.2 Å².